The Balaban J connectivity index is 1.76. The molecule has 1 aromatic carbocycles. The summed E-state index contributed by atoms with van der Waals surface area (Å²) >= 11 is 0. The van der Waals surface area contributed by atoms with Gasteiger partial charge in [0.1, 0.15) is 0 Å². The maximum absolute atomic E-state index is 11.0. The number of anilines is 1. The molecule has 0 radical (unpaired) electrons. The molecule has 0 heterocycles. The van der Waals surface area contributed by atoms with Crippen LogP contribution in [0, 0.1) is 5.92 Å². The highest BCUT2D eigenvalue weighted by Crippen LogP contribution is 2.26. The molecule has 0 atom stereocenters. The minimum atomic E-state index is -3.44. The second-order valence-corrected chi connectivity index (χ2v) is 7.34. The van der Waals surface area contributed by atoms with Crippen molar-refractivity contribution in [2.75, 3.05) is 11.9 Å². The van der Waals surface area contributed by atoms with E-state index in [1.54, 1.807) is 0 Å². The first-order valence-electron chi connectivity index (χ1n) is 7.36. The van der Waals surface area contributed by atoms with Crippen molar-refractivity contribution in [3.05, 3.63) is 29.8 Å². The molecule has 4 nitrogen and oxygen atoms in total. The van der Waals surface area contributed by atoms with Gasteiger partial charge in [-0.05, 0) is 30.0 Å². The highest BCUT2D eigenvalue weighted by molar-refractivity contribution is 7.88. The largest absolute Gasteiger partial charge is 0.385 e. The lowest BCUT2D eigenvalue weighted by atomic mass is 9.87. The smallest absolute Gasteiger partial charge is 0.213 e. The summed E-state index contributed by atoms with van der Waals surface area (Å²) in [4.78, 5) is 0. The van der Waals surface area contributed by atoms with Crippen LogP contribution in [-0.2, 0) is 15.8 Å². The van der Waals surface area contributed by atoms with Crippen molar-refractivity contribution in [1.82, 2.24) is 0 Å². The molecule has 1 aromatic rings. The minimum absolute atomic E-state index is 0.102. The van der Waals surface area contributed by atoms with Crippen LogP contribution < -0.4 is 10.5 Å². The van der Waals surface area contributed by atoms with Crippen molar-refractivity contribution >= 4 is 15.7 Å². The standard InChI is InChI=1S/C15H24N2O2S/c16-20(18,19)12-14-6-8-15(9-7-14)17-11-10-13-4-2-1-3-5-13/h6-9,13,17H,1-5,10-12H2,(H2,16,18,19). The summed E-state index contributed by atoms with van der Waals surface area (Å²) in [6, 6.07) is 7.46. The minimum Gasteiger partial charge on any atom is -0.385 e. The summed E-state index contributed by atoms with van der Waals surface area (Å²) in [7, 11) is -3.44. The summed E-state index contributed by atoms with van der Waals surface area (Å²) in [5.74, 6) is 0.771. The van der Waals surface area contributed by atoms with Gasteiger partial charge in [0.25, 0.3) is 0 Å². The maximum Gasteiger partial charge on any atom is 0.213 e. The molecule has 2 rings (SSSR count). The van der Waals surface area contributed by atoms with Crippen LogP contribution in [0.1, 0.15) is 44.1 Å². The topological polar surface area (TPSA) is 72.2 Å². The average molecular weight is 296 g/mol. The number of primary sulfonamides is 1. The highest BCUT2D eigenvalue weighted by Gasteiger charge is 2.12. The van der Waals surface area contributed by atoms with E-state index in [0.29, 0.717) is 0 Å². The van der Waals surface area contributed by atoms with Gasteiger partial charge in [0.15, 0.2) is 0 Å². The van der Waals surface area contributed by atoms with Crippen LogP contribution in [0.2, 0.25) is 0 Å². The molecule has 0 amide bonds. The lowest BCUT2D eigenvalue weighted by Gasteiger charge is -2.21. The molecule has 0 unspecified atom stereocenters. The lowest BCUT2D eigenvalue weighted by Crippen LogP contribution is -2.14. The summed E-state index contributed by atoms with van der Waals surface area (Å²) in [6.07, 6.45) is 8.12. The van der Waals surface area contributed by atoms with Crippen molar-refractivity contribution < 1.29 is 8.42 Å². The zero-order chi connectivity index (χ0) is 14.4. The predicted octanol–water partition coefficient (Wildman–Crippen LogP) is 2.86. The van der Waals surface area contributed by atoms with Gasteiger partial charge in [-0.1, -0.05) is 44.2 Å². The first kappa shape index (κ1) is 15.3. The van der Waals surface area contributed by atoms with Gasteiger partial charge in [-0.15, -0.1) is 0 Å². The summed E-state index contributed by atoms with van der Waals surface area (Å²) in [5.41, 5.74) is 1.77. The van der Waals surface area contributed by atoms with Crippen LogP contribution in [0.3, 0.4) is 0 Å². The number of benzene rings is 1. The molecular formula is C15H24N2O2S. The zero-order valence-electron chi connectivity index (χ0n) is 11.8. The van der Waals surface area contributed by atoms with Gasteiger partial charge in [0.2, 0.25) is 10.0 Å². The van der Waals surface area contributed by atoms with E-state index in [0.717, 1.165) is 23.7 Å². The van der Waals surface area contributed by atoms with Gasteiger partial charge >= 0.3 is 0 Å². The molecule has 20 heavy (non-hydrogen) atoms. The van der Waals surface area contributed by atoms with Crippen LogP contribution in [-0.4, -0.2) is 15.0 Å². The fourth-order valence-corrected chi connectivity index (χ4v) is 3.50. The summed E-state index contributed by atoms with van der Waals surface area (Å²) < 4.78 is 22.0. The summed E-state index contributed by atoms with van der Waals surface area (Å²) in [6.45, 7) is 0.985. The molecule has 0 saturated heterocycles. The Hall–Kier alpha value is -1.07. The van der Waals surface area contributed by atoms with Gasteiger partial charge in [-0.3, -0.25) is 0 Å². The molecule has 1 fully saturated rings. The molecular weight excluding hydrogens is 272 g/mol. The number of nitrogens with two attached hydrogens (primary N) is 1. The van der Waals surface area contributed by atoms with Gasteiger partial charge in [-0.2, -0.15) is 0 Å². The van der Waals surface area contributed by atoms with E-state index in [9.17, 15) is 8.42 Å². The molecule has 5 heteroatoms. The third kappa shape index (κ3) is 5.51. The fourth-order valence-electron chi connectivity index (χ4n) is 2.85. The summed E-state index contributed by atoms with van der Waals surface area (Å²) in [5, 5.41) is 8.43. The van der Waals surface area contributed by atoms with E-state index in [1.165, 1.54) is 38.5 Å². The van der Waals surface area contributed by atoms with E-state index >= 15 is 0 Å². The Labute approximate surface area is 121 Å². The Bertz CT molecular complexity index is 505. The van der Waals surface area contributed by atoms with Crippen molar-refractivity contribution in [3.63, 3.8) is 0 Å². The van der Waals surface area contributed by atoms with Gasteiger partial charge in [0.05, 0.1) is 5.75 Å². The van der Waals surface area contributed by atoms with Crippen LogP contribution in [0.5, 0.6) is 0 Å². The van der Waals surface area contributed by atoms with E-state index in [2.05, 4.69) is 5.32 Å². The third-order valence-corrected chi connectivity index (χ3v) is 4.66. The number of nitrogens with one attached hydrogen (secondary N) is 1. The second-order valence-electron chi connectivity index (χ2n) is 5.72. The first-order valence-corrected chi connectivity index (χ1v) is 9.08. The van der Waals surface area contributed by atoms with Crippen molar-refractivity contribution in [3.8, 4) is 0 Å². The van der Waals surface area contributed by atoms with E-state index in [-0.39, 0.29) is 5.75 Å². The molecule has 0 spiro atoms. The number of sulfonamides is 1. The number of hydrogen-bond acceptors (Lipinski definition) is 3. The predicted molar refractivity (Wildman–Crippen MR) is 82.9 cm³/mol. The molecule has 0 aliphatic heterocycles. The molecule has 0 bridgehead atoms. The van der Waals surface area contributed by atoms with E-state index in [1.807, 2.05) is 24.3 Å². The van der Waals surface area contributed by atoms with Gasteiger partial charge in [-0.25, -0.2) is 13.6 Å². The van der Waals surface area contributed by atoms with Crippen LogP contribution in [0.25, 0.3) is 0 Å². The Morgan fingerprint density at radius 3 is 2.35 bits per heavy atom. The molecule has 3 N–H and O–H groups in total. The van der Waals surface area contributed by atoms with Crippen LogP contribution >= 0.6 is 0 Å². The van der Waals surface area contributed by atoms with Crippen molar-refractivity contribution in [2.45, 2.75) is 44.3 Å². The Kier molecular flexibility index (Phi) is 5.43. The third-order valence-electron chi connectivity index (χ3n) is 3.93. The molecule has 1 aliphatic carbocycles. The average Bonchev–Trinajstić information content (AvgIpc) is 2.40. The SMILES string of the molecule is NS(=O)(=O)Cc1ccc(NCCC2CCCCC2)cc1. The Morgan fingerprint density at radius 1 is 1.10 bits per heavy atom. The fraction of sp³-hybridized carbons (Fsp3) is 0.600. The van der Waals surface area contributed by atoms with Crippen molar-refractivity contribution in [1.29, 1.82) is 0 Å². The molecule has 1 aliphatic rings. The van der Waals surface area contributed by atoms with Crippen LogP contribution in [0.4, 0.5) is 5.69 Å². The molecule has 0 aromatic heterocycles. The quantitative estimate of drug-likeness (QED) is 0.848. The monoisotopic (exact) mass is 296 g/mol. The lowest BCUT2D eigenvalue weighted by molar-refractivity contribution is 0.345. The zero-order valence-corrected chi connectivity index (χ0v) is 12.7. The normalized spacial score (nSPS) is 17.1. The Morgan fingerprint density at radius 2 is 1.75 bits per heavy atom. The van der Waals surface area contributed by atoms with Gasteiger partial charge in [0, 0.05) is 12.2 Å². The highest BCUT2D eigenvalue weighted by atomic mass is 32.2. The molecule has 1 saturated carbocycles. The number of rotatable bonds is 6. The van der Waals surface area contributed by atoms with Crippen LogP contribution in [0.15, 0.2) is 24.3 Å². The maximum atomic E-state index is 11.0. The first-order chi connectivity index (χ1) is 9.53. The molecule has 112 valence electrons. The van der Waals surface area contributed by atoms with Crippen molar-refractivity contribution in [2.24, 2.45) is 11.1 Å². The van der Waals surface area contributed by atoms with E-state index < -0.39 is 10.0 Å². The van der Waals surface area contributed by atoms with E-state index in [4.69, 9.17) is 5.14 Å². The second kappa shape index (κ2) is 7.09. The van der Waals surface area contributed by atoms with Gasteiger partial charge < -0.3 is 5.32 Å². The number of hydrogen-bond donors (Lipinski definition) is 2.